The first-order valence-corrected chi connectivity index (χ1v) is 8.14. The lowest BCUT2D eigenvalue weighted by Gasteiger charge is -2.36. The average Bonchev–Trinajstić information content (AvgIpc) is 2.46. The van der Waals surface area contributed by atoms with Gasteiger partial charge in [0.05, 0.1) is 5.56 Å². The Bertz CT molecular complexity index is 787. The number of carbonyl (C=O) groups excluding carboxylic acids is 1. The first-order chi connectivity index (χ1) is 10.5. The third-order valence-electron chi connectivity index (χ3n) is 4.21. The third kappa shape index (κ3) is 2.80. The maximum Gasteiger partial charge on any atom is 0.254 e. The molecule has 1 saturated heterocycles. The van der Waals surface area contributed by atoms with E-state index in [2.05, 4.69) is 20.9 Å². The Kier molecular flexibility index (Phi) is 4.06. The fourth-order valence-corrected chi connectivity index (χ4v) is 3.43. The minimum absolute atomic E-state index is 0.0812. The van der Waals surface area contributed by atoms with Crippen molar-refractivity contribution in [1.29, 1.82) is 0 Å². The highest BCUT2D eigenvalue weighted by molar-refractivity contribution is 9.10. The van der Waals surface area contributed by atoms with Crippen LogP contribution < -0.4 is 11.3 Å². The Labute approximate surface area is 136 Å². The second-order valence-electron chi connectivity index (χ2n) is 5.87. The molecule has 0 unspecified atom stereocenters. The second kappa shape index (κ2) is 5.85. The van der Waals surface area contributed by atoms with E-state index in [-0.39, 0.29) is 23.6 Å². The minimum Gasteiger partial charge on any atom is -0.336 e. The number of amides is 1. The fraction of sp³-hybridized carbons (Fsp3) is 0.375. The van der Waals surface area contributed by atoms with Crippen LogP contribution in [0.2, 0.25) is 0 Å². The number of aromatic nitrogens is 1. The molecular weight excluding hydrogens is 346 g/mol. The van der Waals surface area contributed by atoms with Crippen molar-refractivity contribution in [3.05, 3.63) is 44.7 Å². The molecule has 116 valence electrons. The summed E-state index contributed by atoms with van der Waals surface area (Å²) >= 11 is 3.42. The molecule has 1 aromatic carbocycles. The van der Waals surface area contributed by atoms with Crippen LogP contribution in [0.25, 0.3) is 10.9 Å². The molecule has 1 amide bonds. The quantitative estimate of drug-likeness (QED) is 0.815. The number of H-pyrrole nitrogens is 1. The van der Waals surface area contributed by atoms with Gasteiger partial charge in [-0.25, -0.2) is 0 Å². The van der Waals surface area contributed by atoms with Gasteiger partial charge in [0.2, 0.25) is 5.56 Å². The summed E-state index contributed by atoms with van der Waals surface area (Å²) in [6, 6.07) is 7.11. The summed E-state index contributed by atoms with van der Waals surface area (Å²) in [5, 5.41) is 0.751. The Balaban J connectivity index is 2.07. The van der Waals surface area contributed by atoms with Gasteiger partial charge in [0.1, 0.15) is 0 Å². The monoisotopic (exact) mass is 363 g/mol. The van der Waals surface area contributed by atoms with Crippen molar-refractivity contribution in [3.63, 3.8) is 0 Å². The normalized spacial score (nSPS) is 22.0. The number of piperidine rings is 1. The first-order valence-electron chi connectivity index (χ1n) is 7.35. The van der Waals surface area contributed by atoms with Crippen LogP contribution in [0.15, 0.2) is 33.5 Å². The predicted octanol–water partition coefficient (Wildman–Crippen LogP) is 2.24. The van der Waals surface area contributed by atoms with Crippen LogP contribution in [0.4, 0.5) is 0 Å². The number of nitrogens with zero attached hydrogens (tertiary/aromatic N) is 1. The molecular formula is C16H18BrN3O2. The Morgan fingerprint density at radius 2 is 2.18 bits per heavy atom. The van der Waals surface area contributed by atoms with E-state index in [1.54, 1.807) is 6.07 Å². The smallest absolute Gasteiger partial charge is 0.254 e. The van der Waals surface area contributed by atoms with Gasteiger partial charge in [0, 0.05) is 40.1 Å². The fourth-order valence-electron chi connectivity index (χ4n) is 3.07. The van der Waals surface area contributed by atoms with E-state index in [1.807, 2.05) is 24.0 Å². The van der Waals surface area contributed by atoms with Gasteiger partial charge in [-0.15, -0.1) is 0 Å². The summed E-state index contributed by atoms with van der Waals surface area (Å²) in [6.45, 7) is 2.63. The molecule has 1 aliphatic heterocycles. The van der Waals surface area contributed by atoms with E-state index in [4.69, 9.17) is 5.73 Å². The molecule has 2 aromatic rings. The van der Waals surface area contributed by atoms with Crippen molar-refractivity contribution in [1.82, 2.24) is 9.88 Å². The summed E-state index contributed by atoms with van der Waals surface area (Å²) in [6.07, 6.45) is 1.58. The lowest BCUT2D eigenvalue weighted by Crippen LogP contribution is -2.48. The molecule has 0 bridgehead atoms. The number of benzene rings is 1. The van der Waals surface area contributed by atoms with Crippen molar-refractivity contribution in [2.24, 2.45) is 5.73 Å². The van der Waals surface area contributed by atoms with Crippen molar-refractivity contribution in [3.8, 4) is 0 Å². The van der Waals surface area contributed by atoms with Crippen LogP contribution in [0, 0.1) is 0 Å². The van der Waals surface area contributed by atoms with Gasteiger partial charge >= 0.3 is 0 Å². The molecule has 22 heavy (non-hydrogen) atoms. The molecule has 6 heteroatoms. The van der Waals surface area contributed by atoms with Gasteiger partial charge < -0.3 is 15.6 Å². The average molecular weight is 364 g/mol. The van der Waals surface area contributed by atoms with E-state index in [0.29, 0.717) is 17.6 Å². The zero-order chi connectivity index (χ0) is 15.9. The number of nitrogens with one attached hydrogen (secondary N) is 1. The van der Waals surface area contributed by atoms with Gasteiger partial charge in [-0.05, 0) is 38.0 Å². The number of carbonyl (C=O) groups is 1. The Morgan fingerprint density at radius 1 is 1.41 bits per heavy atom. The van der Waals surface area contributed by atoms with Gasteiger partial charge in [0.15, 0.2) is 0 Å². The summed E-state index contributed by atoms with van der Waals surface area (Å²) < 4.78 is 0.870. The highest BCUT2D eigenvalue weighted by Gasteiger charge is 2.28. The number of nitrogens with two attached hydrogens (primary N) is 1. The molecule has 1 aliphatic rings. The number of halogens is 1. The number of rotatable bonds is 1. The second-order valence-corrected chi connectivity index (χ2v) is 6.78. The molecule has 2 heterocycles. The van der Waals surface area contributed by atoms with E-state index in [9.17, 15) is 9.59 Å². The molecule has 1 fully saturated rings. The molecule has 5 nitrogen and oxygen atoms in total. The van der Waals surface area contributed by atoms with Gasteiger partial charge in [-0.3, -0.25) is 9.59 Å². The number of hydrogen-bond donors (Lipinski definition) is 2. The molecule has 0 radical (unpaired) electrons. The van der Waals surface area contributed by atoms with Gasteiger partial charge in [0.25, 0.3) is 5.91 Å². The lowest BCUT2D eigenvalue weighted by atomic mass is 9.97. The molecule has 2 atom stereocenters. The molecule has 0 saturated carbocycles. The van der Waals surface area contributed by atoms with E-state index < -0.39 is 0 Å². The zero-order valence-electron chi connectivity index (χ0n) is 12.3. The predicted molar refractivity (Wildman–Crippen MR) is 90.0 cm³/mol. The number of likely N-dealkylation sites (tertiary alicyclic amines) is 1. The number of aromatic amines is 1. The maximum absolute atomic E-state index is 12.9. The SMILES string of the molecule is C[C@H]1C[C@H](N)CCN1C(=O)c1cc(=O)[nH]c2ccc(Br)cc12. The van der Waals surface area contributed by atoms with Crippen molar-refractivity contribution in [2.75, 3.05) is 6.54 Å². The highest BCUT2D eigenvalue weighted by Crippen LogP contribution is 2.24. The largest absolute Gasteiger partial charge is 0.336 e. The van der Waals surface area contributed by atoms with Crippen LogP contribution in [0.1, 0.15) is 30.1 Å². The van der Waals surface area contributed by atoms with Crippen LogP contribution in [-0.4, -0.2) is 34.4 Å². The third-order valence-corrected chi connectivity index (χ3v) is 4.71. The van der Waals surface area contributed by atoms with E-state index >= 15 is 0 Å². The molecule has 0 spiro atoms. The number of pyridine rings is 1. The standard InChI is InChI=1S/C16H18BrN3O2/c1-9-6-11(18)4-5-20(9)16(22)13-8-15(21)19-14-3-2-10(17)7-12(13)14/h2-3,7-9,11H,4-6,18H2,1H3,(H,19,21)/t9-,11+/m0/s1. The number of hydrogen-bond acceptors (Lipinski definition) is 3. The first kappa shape index (κ1) is 15.2. The summed E-state index contributed by atoms with van der Waals surface area (Å²) in [5.74, 6) is -0.103. The Morgan fingerprint density at radius 3 is 2.91 bits per heavy atom. The summed E-state index contributed by atoms with van der Waals surface area (Å²) in [4.78, 5) is 29.3. The molecule has 0 aliphatic carbocycles. The highest BCUT2D eigenvalue weighted by atomic mass is 79.9. The van der Waals surface area contributed by atoms with Crippen LogP contribution in [0.5, 0.6) is 0 Å². The summed E-state index contributed by atoms with van der Waals surface area (Å²) in [7, 11) is 0. The molecule has 3 N–H and O–H groups in total. The van der Waals surface area contributed by atoms with Crippen LogP contribution >= 0.6 is 15.9 Å². The summed E-state index contributed by atoms with van der Waals surface area (Å²) in [5.41, 5.74) is 6.81. The Hall–Kier alpha value is -1.66. The maximum atomic E-state index is 12.9. The zero-order valence-corrected chi connectivity index (χ0v) is 13.9. The van der Waals surface area contributed by atoms with Crippen LogP contribution in [-0.2, 0) is 0 Å². The van der Waals surface area contributed by atoms with Gasteiger partial charge in [-0.1, -0.05) is 15.9 Å². The lowest BCUT2D eigenvalue weighted by molar-refractivity contribution is 0.0621. The van der Waals surface area contributed by atoms with E-state index in [0.717, 1.165) is 22.7 Å². The van der Waals surface area contributed by atoms with Crippen LogP contribution in [0.3, 0.4) is 0 Å². The van der Waals surface area contributed by atoms with Crippen molar-refractivity contribution < 1.29 is 4.79 Å². The van der Waals surface area contributed by atoms with Crippen molar-refractivity contribution >= 4 is 32.7 Å². The van der Waals surface area contributed by atoms with E-state index in [1.165, 1.54) is 6.07 Å². The van der Waals surface area contributed by atoms with Crippen molar-refractivity contribution in [2.45, 2.75) is 31.8 Å². The topological polar surface area (TPSA) is 79.2 Å². The molecule has 3 rings (SSSR count). The number of fused-ring (bicyclic) bond motifs is 1. The van der Waals surface area contributed by atoms with Gasteiger partial charge in [-0.2, -0.15) is 0 Å². The minimum atomic E-state index is -0.264. The molecule has 1 aromatic heterocycles.